The van der Waals surface area contributed by atoms with Crippen molar-refractivity contribution < 1.29 is 21.6 Å². The van der Waals surface area contributed by atoms with Crippen molar-refractivity contribution in [3.63, 3.8) is 0 Å². The van der Waals surface area contributed by atoms with Crippen LogP contribution in [0.3, 0.4) is 0 Å². The fourth-order valence-electron chi connectivity index (χ4n) is 2.15. The highest BCUT2D eigenvalue weighted by atomic mass is 32.2. The molecular weight excluding hydrogens is 267 g/mol. The molecular formula is C11H12F3NO2S. The summed E-state index contributed by atoms with van der Waals surface area (Å²) in [6, 6.07) is 0.784. The zero-order chi connectivity index (χ0) is 13.5. The first kappa shape index (κ1) is 13.4. The predicted molar refractivity (Wildman–Crippen MR) is 59.7 cm³/mol. The molecule has 1 heterocycles. The van der Waals surface area contributed by atoms with Crippen LogP contribution in [0, 0.1) is 17.5 Å². The molecule has 0 bridgehead atoms. The molecule has 0 aliphatic carbocycles. The molecule has 0 saturated carbocycles. The number of nitrogens with one attached hydrogen (secondary N) is 1. The summed E-state index contributed by atoms with van der Waals surface area (Å²) >= 11 is 0. The smallest absolute Gasteiger partial charge is 0.181 e. The Morgan fingerprint density at radius 3 is 2.44 bits per heavy atom. The minimum absolute atomic E-state index is 0.109. The van der Waals surface area contributed by atoms with Crippen LogP contribution in [0.25, 0.3) is 0 Å². The summed E-state index contributed by atoms with van der Waals surface area (Å²) in [6.45, 7) is 1.06. The van der Waals surface area contributed by atoms with E-state index in [-0.39, 0.29) is 11.5 Å². The summed E-state index contributed by atoms with van der Waals surface area (Å²) < 4.78 is 63.5. The molecule has 1 unspecified atom stereocenters. The van der Waals surface area contributed by atoms with Gasteiger partial charge in [0.15, 0.2) is 21.5 Å². The third-order valence-electron chi connectivity index (χ3n) is 3.02. The lowest BCUT2D eigenvalue weighted by Crippen LogP contribution is -2.13. The van der Waals surface area contributed by atoms with Crippen molar-refractivity contribution in [3.8, 4) is 0 Å². The molecule has 1 aliphatic rings. The molecule has 1 atom stereocenters. The summed E-state index contributed by atoms with van der Waals surface area (Å²) in [5.41, 5.74) is -0.109. The van der Waals surface area contributed by atoms with E-state index in [0.717, 1.165) is 6.07 Å². The molecule has 0 aromatic heterocycles. The lowest BCUT2D eigenvalue weighted by atomic mass is 9.97. The van der Waals surface area contributed by atoms with Gasteiger partial charge < -0.3 is 5.32 Å². The Morgan fingerprint density at radius 1 is 1.28 bits per heavy atom. The summed E-state index contributed by atoms with van der Waals surface area (Å²) in [5, 5.41) is 2.95. The van der Waals surface area contributed by atoms with Crippen molar-refractivity contribution in [2.45, 2.75) is 17.2 Å². The molecule has 1 fully saturated rings. The van der Waals surface area contributed by atoms with E-state index in [1.165, 1.54) is 0 Å². The van der Waals surface area contributed by atoms with Crippen molar-refractivity contribution >= 4 is 9.84 Å². The lowest BCUT2D eigenvalue weighted by molar-refractivity contribution is 0.445. The standard InChI is InChI=1S/C11H12F3NO2S/c1-18(16,17)11-8(12)4-7(9(13)10(11)14)6-2-3-15-5-6/h4,6,15H,2-3,5H2,1H3. The van der Waals surface area contributed by atoms with Gasteiger partial charge in [-0.15, -0.1) is 0 Å². The Kier molecular flexibility index (Phi) is 3.37. The molecule has 18 heavy (non-hydrogen) atoms. The molecule has 0 spiro atoms. The summed E-state index contributed by atoms with van der Waals surface area (Å²) in [7, 11) is -4.13. The van der Waals surface area contributed by atoms with E-state index >= 15 is 0 Å². The van der Waals surface area contributed by atoms with Crippen LogP contribution in [0.4, 0.5) is 13.2 Å². The Bertz CT molecular complexity index is 580. The van der Waals surface area contributed by atoms with Gasteiger partial charge in [0.2, 0.25) is 0 Å². The molecule has 1 aromatic rings. The summed E-state index contributed by atoms with van der Waals surface area (Å²) in [5.74, 6) is -4.47. The molecule has 3 nitrogen and oxygen atoms in total. The van der Waals surface area contributed by atoms with Gasteiger partial charge in [0.25, 0.3) is 0 Å². The van der Waals surface area contributed by atoms with Crippen molar-refractivity contribution in [1.29, 1.82) is 0 Å². The fourth-order valence-corrected chi connectivity index (χ4v) is 2.98. The zero-order valence-corrected chi connectivity index (χ0v) is 10.5. The topological polar surface area (TPSA) is 46.2 Å². The number of sulfone groups is 1. The monoisotopic (exact) mass is 279 g/mol. The number of hydrogen-bond acceptors (Lipinski definition) is 3. The van der Waals surface area contributed by atoms with E-state index in [4.69, 9.17) is 0 Å². The van der Waals surface area contributed by atoms with Crippen LogP contribution >= 0.6 is 0 Å². The Morgan fingerprint density at radius 2 is 1.94 bits per heavy atom. The van der Waals surface area contributed by atoms with Crippen molar-refractivity contribution in [2.75, 3.05) is 19.3 Å². The second-order valence-corrected chi connectivity index (χ2v) is 6.32. The highest BCUT2D eigenvalue weighted by Gasteiger charge is 2.29. The third kappa shape index (κ3) is 2.24. The van der Waals surface area contributed by atoms with Gasteiger partial charge in [-0.2, -0.15) is 0 Å². The SMILES string of the molecule is CS(=O)(=O)c1c(F)cc(C2CCNC2)c(F)c1F. The second-order valence-electron chi connectivity index (χ2n) is 4.37. The summed E-state index contributed by atoms with van der Waals surface area (Å²) in [4.78, 5) is -1.20. The van der Waals surface area contributed by atoms with Gasteiger partial charge in [0, 0.05) is 18.7 Å². The number of halogens is 3. The molecule has 1 aromatic carbocycles. The van der Waals surface area contributed by atoms with E-state index in [2.05, 4.69) is 5.32 Å². The molecule has 0 radical (unpaired) electrons. The largest absolute Gasteiger partial charge is 0.316 e. The summed E-state index contributed by atoms with van der Waals surface area (Å²) in [6.07, 6.45) is 1.21. The van der Waals surface area contributed by atoms with Gasteiger partial charge in [0.1, 0.15) is 10.7 Å². The fraction of sp³-hybridized carbons (Fsp3) is 0.455. The molecule has 1 saturated heterocycles. The van der Waals surface area contributed by atoms with Crippen LogP contribution in [0.1, 0.15) is 17.9 Å². The Labute approximate surface area is 103 Å². The maximum absolute atomic E-state index is 13.8. The first-order chi connectivity index (χ1) is 8.32. The lowest BCUT2D eigenvalue weighted by Gasteiger charge is -2.13. The zero-order valence-electron chi connectivity index (χ0n) is 9.63. The van der Waals surface area contributed by atoms with Gasteiger partial charge in [-0.3, -0.25) is 0 Å². The van der Waals surface area contributed by atoms with Crippen LogP contribution in [-0.2, 0) is 9.84 Å². The average Bonchev–Trinajstić information content (AvgIpc) is 2.74. The van der Waals surface area contributed by atoms with E-state index < -0.39 is 32.2 Å². The minimum atomic E-state index is -4.13. The van der Waals surface area contributed by atoms with Gasteiger partial charge >= 0.3 is 0 Å². The minimum Gasteiger partial charge on any atom is -0.316 e. The number of rotatable bonds is 2. The Balaban J connectivity index is 2.61. The van der Waals surface area contributed by atoms with Crippen LogP contribution in [0.15, 0.2) is 11.0 Å². The Hall–Kier alpha value is -1.08. The van der Waals surface area contributed by atoms with Crippen molar-refractivity contribution in [2.24, 2.45) is 0 Å². The van der Waals surface area contributed by atoms with E-state index in [9.17, 15) is 21.6 Å². The van der Waals surface area contributed by atoms with Crippen molar-refractivity contribution in [3.05, 3.63) is 29.1 Å². The maximum atomic E-state index is 13.8. The van der Waals surface area contributed by atoms with Crippen LogP contribution in [-0.4, -0.2) is 27.8 Å². The normalized spacial score (nSPS) is 20.3. The first-order valence-corrected chi connectivity index (χ1v) is 7.29. The van der Waals surface area contributed by atoms with Crippen LogP contribution in [0.2, 0.25) is 0 Å². The third-order valence-corrected chi connectivity index (χ3v) is 4.13. The average molecular weight is 279 g/mol. The van der Waals surface area contributed by atoms with Crippen LogP contribution < -0.4 is 5.32 Å². The molecule has 100 valence electrons. The molecule has 0 amide bonds. The van der Waals surface area contributed by atoms with Crippen LogP contribution in [0.5, 0.6) is 0 Å². The number of benzene rings is 1. The van der Waals surface area contributed by atoms with Gasteiger partial charge in [-0.1, -0.05) is 0 Å². The van der Waals surface area contributed by atoms with Gasteiger partial charge in [0.05, 0.1) is 0 Å². The van der Waals surface area contributed by atoms with E-state index in [0.29, 0.717) is 25.8 Å². The quantitative estimate of drug-likeness (QED) is 0.836. The van der Waals surface area contributed by atoms with Gasteiger partial charge in [-0.05, 0) is 24.6 Å². The molecule has 1 aliphatic heterocycles. The highest BCUT2D eigenvalue weighted by Crippen LogP contribution is 2.31. The van der Waals surface area contributed by atoms with E-state index in [1.807, 2.05) is 0 Å². The van der Waals surface area contributed by atoms with Crippen molar-refractivity contribution in [1.82, 2.24) is 5.32 Å². The molecule has 1 N–H and O–H groups in total. The molecule has 7 heteroatoms. The second kappa shape index (κ2) is 4.55. The first-order valence-electron chi connectivity index (χ1n) is 5.40. The number of hydrogen-bond donors (Lipinski definition) is 1. The predicted octanol–water partition coefficient (Wildman–Crippen LogP) is 1.58. The molecule has 2 rings (SSSR count). The highest BCUT2D eigenvalue weighted by molar-refractivity contribution is 7.90. The van der Waals surface area contributed by atoms with E-state index in [1.54, 1.807) is 0 Å². The van der Waals surface area contributed by atoms with Gasteiger partial charge in [-0.25, -0.2) is 21.6 Å². The maximum Gasteiger partial charge on any atom is 0.181 e.